The fourth-order valence-corrected chi connectivity index (χ4v) is 2.54. The maximum Gasteiger partial charge on any atom is 0.322 e. The van der Waals surface area contributed by atoms with Crippen molar-refractivity contribution in [2.45, 2.75) is 65.1 Å². The number of hydrogen-bond donors (Lipinski definition) is 6. The lowest BCUT2D eigenvalue weighted by molar-refractivity contribution is -0.139. The molecule has 0 aliphatic heterocycles. The van der Waals surface area contributed by atoms with Gasteiger partial charge in [0.05, 0.1) is 12.5 Å². The molecule has 4 atom stereocenters. The molecule has 0 aromatic heterocycles. The van der Waals surface area contributed by atoms with Crippen molar-refractivity contribution in [2.24, 2.45) is 23.3 Å². The predicted octanol–water partition coefficient (Wildman–Crippen LogP) is -1.55. The van der Waals surface area contributed by atoms with Gasteiger partial charge in [0.25, 0.3) is 0 Å². The first-order valence-corrected chi connectivity index (χ1v) is 9.53. The molecular weight excluding hydrogens is 382 g/mol. The first-order valence-electron chi connectivity index (χ1n) is 9.53. The summed E-state index contributed by atoms with van der Waals surface area (Å²) < 4.78 is 0. The van der Waals surface area contributed by atoms with E-state index >= 15 is 0 Å². The number of hydrogen-bond acceptors (Lipinski definition) is 6. The maximum absolute atomic E-state index is 12.7. The zero-order valence-corrected chi connectivity index (χ0v) is 17.4. The third kappa shape index (κ3) is 10.4. The van der Waals surface area contributed by atoms with Gasteiger partial charge in [0, 0.05) is 0 Å². The number of amides is 4. The first kappa shape index (κ1) is 26.3. The van der Waals surface area contributed by atoms with Gasteiger partial charge in [-0.05, 0) is 18.3 Å². The highest BCUT2D eigenvalue weighted by molar-refractivity contribution is 5.95. The van der Waals surface area contributed by atoms with Crippen molar-refractivity contribution in [3.63, 3.8) is 0 Å². The summed E-state index contributed by atoms with van der Waals surface area (Å²) in [6.45, 7) is 6.71. The van der Waals surface area contributed by atoms with Crippen LogP contribution in [0, 0.1) is 11.8 Å². The van der Waals surface area contributed by atoms with Crippen LogP contribution in [0.3, 0.4) is 0 Å². The summed E-state index contributed by atoms with van der Waals surface area (Å²) in [4.78, 5) is 59.1. The molecule has 0 aliphatic rings. The molecule has 0 saturated heterocycles. The SMILES string of the molecule is CCC(C)C(NC(=O)C(N)CC(C)C)C(=O)NC(CC(N)=O)C(=O)NCC(=O)O. The summed E-state index contributed by atoms with van der Waals surface area (Å²) >= 11 is 0. The van der Waals surface area contributed by atoms with E-state index in [1.165, 1.54) is 0 Å². The van der Waals surface area contributed by atoms with E-state index in [0.29, 0.717) is 12.8 Å². The van der Waals surface area contributed by atoms with Crippen LogP contribution in [0.15, 0.2) is 0 Å². The number of primary amides is 1. The van der Waals surface area contributed by atoms with Crippen LogP contribution in [0.1, 0.15) is 47.0 Å². The van der Waals surface area contributed by atoms with Gasteiger partial charge in [-0.25, -0.2) is 0 Å². The van der Waals surface area contributed by atoms with Crippen molar-refractivity contribution in [2.75, 3.05) is 6.54 Å². The second-order valence-corrected chi connectivity index (χ2v) is 7.45. The fourth-order valence-electron chi connectivity index (χ4n) is 2.54. The molecule has 0 heterocycles. The van der Waals surface area contributed by atoms with Crippen LogP contribution >= 0.6 is 0 Å². The number of carboxylic acid groups (broad SMARTS) is 1. The van der Waals surface area contributed by atoms with Gasteiger partial charge in [-0.2, -0.15) is 0 Å². The van der Waals surface area contributed by atoms with Crippen LogP contribution in [0.2, 0.25) is 0 Å². The minimum absolute atomic E-state index is 0.185. The molecule has 29 heavy (non-hydrogen) atoms. The van der Waals surface area contributed by atoms with Crippen molar-refractivity contribution < 1.29 is 29.1 Å². The quantitative estimate of drug-likeness (QED) is 0.209. The second kappa shape index (κ2) is 12.7. The van der Waals surface area contributed by atoms with Crippen molar-refractivity contribution in [3.05, 3.63) is 0 Å². The van der Waals surface area contributed by atoms with Gasteiger partial charge in [-0.15, -0.1) is 0 Å². The topological polar surface area (TPSA) is 194 Å². The number of nitrogens with two attached hydrogens (primary N) is 2. The van der Waals surface area contributed by atoms with Gasteiger partial charge in [0.2, 0.25) is 23.6 Å². The highest BCUT2D eigenvalue weighted by atomic mass is 16.4. The van der Waals surface area contributed by atoms with Crippen molar-refractivity contribution in [1.29, 1.82) is 0 Å². The average molecular weight is 415 g/mol. The number of carbonyl (C=O) groups is 5. The van der Waals surface area contributed by atoms with Gasteiger partial charge >= 0.3 is 5.97 Å². The Balaban J connectivity index is 5.32. The summed E-state index contributed by atoms with van der Waals surface area (Å²) in [5.41, 5.74) is 11.0. The summed E-state index contributed by atoms with van der Waals surface area (Å²) in [6.07, 6.45) is 0.456. The number of aliphatic carboxylic acids is 1. The van der Waals surface area contributed by atoms with Crippen LogP contribution in [0.5, 0.6) is 0 Å². The lowest BCUT2D eigenvalue weighted by atomic mass is 9.96. The van der Waals surface area contributed by atoms with E-state index in [9.17, 15) is 24.0 Å². The monoisotopic (exact) mass is 415 g/mol. The Labute approximate surface area is 170 Å². The minimum atomic E-state index is -1.37. The Hall–Kier alpha value is -2.69. The van der Waals surface area contributed by atoms with Gasteiger partial charge in [0.1, 0.15) is 18.6 Å². The van der Waals surface area contributed by atoms with E-state index in [1.807, 2.05) is 20.8 Å². The van der Waals surface area contributed by atoms with Crippen LogP contribution in [0.25, 0.3) is 0 Å². The van der Waals surface area contributed by atoms with Crippen molar-refractivity contribution >= 4 is 29.6 Å². The van der Waals surface area contributed by atoms with E-state index in [4.69, 9.17) is 16.6 Å². The lowest BCUT2D eigenvalue weighted by Crippen LogP contribution is -2.58. The molecule has 0 spiro atoms. The summed E-state index contributed by atoms with van der Waals surface area (Å²) in [5.74, 6) is -4.31. The molecule has 0 rings (SSSR count). The Morgan fingerprint density at radius 2 is 1.55 bits per heavy atom. The van der Waals surface area contributed by atoms with Crippen LogP contribution < -0.4 is 27.4 Å². The standard InChI is InChI=1S/C18H33N5O6/c1-5-10(4)15(23-16(27)11(19)6-9(2)3)18(29)22-12(7-13(20)24)17(28)21-8-14(25)26/h9-12,15H,5-8,19H2,1-4H3,(H2,20,24)(H,21,28)(H,22,29)(H,23,27)(H,25,26). The highest BCUT2D eigenvalue weighted by Crippen LogP contribution is 2.10. The predicted molar refractivity (Wildman–Crippen MR) is 105 cm³/mol. The normalized spacial score (nSPS) is 15.0. The molecule has 8 N–H and O–H groups in total. The van der Waals surface area contributed by atoms with Crippen LogP contribution in [-0.2, 0) is 24.0 Å². The maximum atomic E-state index is 12.7. The summed E-state index contributed by atoms with van der Waals surface area (Å²) in [5, 5.41) is 15.7. The third-order valence-corrected chi connectivity index (χ3v) is 4.31. The Kier molecular flexibility index (Phi) is 11.5. The molecular formula is C18H33N5O6. The Bertz CT molecular complexity index is 610. The molecule has 4 amide bonds. The number of carboxylic acids is 1. The number of rotatable bonds is 13. The van der Waals surface area contributed by atoms with Gasteiger partial charge in [-0.1, -0.05) is 34.1 Å². The first-order chi connectivity index (χ1) is 13.4. The highest BCUT2D eigenvalue weighted by Gasteiger charge is 2.31. The minimum Gasteiger partial charge on any atom is -0.480 e. The number of carbonyl (C=O) groups excluding carboxylic acids is 4. The molecule has 0 saturated carbocycles. The Morgan fingerprint density at radius 1 is 0.966 bits per heavy atom. The molecule has 0 bridgehead atoms. The van der Waals surface area contributed by atoms with E-state index < -0.39 is 60.7 Å². The van der Waals surface area contributed by atoms with Gasteiger partial charge < -0.3 is 32.5 Å². The van der Waals surface area contributed by atoms with Crippen molar-refractivity contribution in [3.8, 4) is 0 Å². The van der Waals surface area contributed by atoms with E-state index in [2.05, 4.69) is 16.0 Å². The largest absolute Gasteiger partial charge is 0.480 e. The fraction of sp³-hybridized carbons (Fsp3) is 0.722. The van der Waals surface area contributed by atoms with Crippen molar-refractivity contribution in [1.82, 2.24) is 16.0 Å². The molecule has 11 nitrogen and oxygen atoms in total. The molecule has 4 unspecified atom stereocenters. The molecule has 0 fully saturated rings. The Morgan fingerprint density at radius 3 is 2.00 bits per heavy atom. The molecule has 11 heteroatoms. The van der Waals surface area contributed by atoms with E-state index in [1.54, 1.807) is 6.92 Å². The lowest BCUT2D eigenvalue weighted by Gasteiger charge is -2.27. The molecule has 0 aromatic rings. The summed E-state index contributed by atoms with van der Waals surface area (Å²) in [6, 6.07) is -3.16. The molecule has 0 aromatic carbocycles. The van der Waals surface area contributed by atoms with Crippen LogP contribution in [0.4, 0.5) is 0 Å². The molecule has 166 valence electrons. The zero-order chi connectivity index (χ0) is 22.7. The van der Waals surface area contributed by atoms with E-state index in [0.717, 1.165) is 0 Å². The number of nitrogens with one attached hydrogen (secondary N) is 3. The second-order valence-electron chi connectivity index (χ2n) is 7.45. The smallest absolute Gasteiger partial charge is 0.322 e. The third-order valence-electron chi connectivity index (χ3n) is 4.31. The van der Waals surface area contributed by atoms with E-state index in [-0.39, 0.29) is 11.8 Å². The molecule has 0 aliphatic carbocycles. The van der Waals surface area contributed by atoms with Crippen LogP contribution in [-0.4, -0.2) is 59.4 Å². The average Bonchev–Trinajstić information content (AvgIpc) is 2.61. The zero-order valence-electron chi connectivity index (χ0n) is 17.4. The van der Waals surface area contributed by atoms with Gasteiger partial charge in [0.15, 0.2) is 0 Å². The van der Waals surface area contributed by atoms with Gasteiger partial charge in [-0.3, -0.25) is 24.0 Å². The molecule has 0 radical (unpaired) electrons. The summed E-state index contributed by atoms with van der Waals surface area (Å²) in [7, 11) is 0.